The van der Waals surface area contributed by atoms with Crippen LogP contribution in [0.4, 0.5) is 5.69 Å². The molecule has 1 amide bonds. The zero-order valence-electron chi connectivity index (χ0n) is 14.6. The smallest absolute Gasteiger partial charge is 0.238 e. The molecule has 0 saturated carbocycles. The summed E-state index contributed by atoms with van der Waals surface area (Å²) < 4.78 is 2.65. The maximum absolute atomic E-state index is 12.3. The van der Waals surface area contributed by atoms with Crippen molar-refractivity contribution in [3.05, 3.63) is 71.2 Å². The predicted molar refractivity (Wildman–Crippen MR) is 105 cm³/mol. The lowest BCUT2D eigenvalue weighted by Crippen LogP contribution is -2.32. The number of nitrogens with one attached hydrogen (secondary N) is 1. The fraction of sp³-hybridized carbons (Fsp3) is 0.211. The average molecular weight is 414 g/mol. The quantitative estimate of drug-likeness (QED) is 0.669. The Bertz CT molecular complexity index is 864. The van der Waals surface area contributed by atoms with Crippen molar-refractivity contribution in [2.75, 3.05) is 18.9 Å². The largest absolute Gasteiger partial charge is 0.325 e. The van der Waals surface area contributed by atoms with Gasteiger partial charge in [0.15, 0.2) is 0 Å². The number of amides is 1. The third kappa shape index (κ3) is 4.56. The summed E-state index contributed by atoms with van der Waals surface area (Å²) in [4.78, 5) is 18.3. The molecule has 0 aliphatic rings. The van der Waals surface area contributed by atoms with Crippen LogP contribution in [0.3, 0.4) is 0 Å². The Hall–Kier alpha value is -2.51. The second-order valence-electron chi connectivity index (χ2n) is 6.08. The molecule has 2 aromatic carbocycles. The van der Waals surface area contributed by atoms with Crippen LogP contribution < -0.4 is 5.32 Å². The second kappa shape index (κ2) is 8.25. The van der Waals surface area contributed by atoms with Crippen LogP contribution in [0, 0.1) is 0 Å². The Morgan fingerprint density at radius 1 is 1.27 bits per heavy atom. The molecule has 0 saturated heterocycles. The highest BCUT2D eigenvalue weighted by atomic mass is 79.9. The van der Waals surface area contributed by atoms with Gasteiger partial charge in [0.25, 0.3) is 0 Å². The van der Waals surface area contributed by atoms with E-state index in [9.17, 15) is 4.79 Å². The monoisotopic (exact) mass is 413 g/mol. The lowest BCUT2D eigenvalue weighted by molar-refractivity contribution is -0.117. The Morgan fingerprint density at radius 2 is 2.04 bits per heavy atom. The third-order valence-corrected chi connectivity index (χ3v) is 4.71. The lowest BCUT2D eigenvalue weighted by Gasteiger charge is -2.24. The van der Waals surface area contributed by atoms with Crippen molar-refractivity contribution >= 4 is 27.5 Å². The highest BCUT2D eigenvalue weighted by Gasteiger charge is 2.15. The molecule has 1 heterocycles. The first kappa shape index (κ1) is 18.3. The SMILES string of the molecule is C[C@@H](c1ccc(-n2cncn2)cc1)N(C)CC(=O)Nc1cccc(Br)c1. The van der Waals surface area contributed by atoms with Gasteiger partial charge in [0.1, 0.15) is 12.7 Å². The highest BCUT2D eigenvalue weighted by Crippen LogP contribution is 2.20. The minimum atomic E-state index is -0.0447. The molecule has 3 rings (SSSR count). The van der Waals surface area contributed by atoms with Crippen molar-refractivity contribution in [3.8, 4) is 5.69 Å². The van der Waals surface area contributed by atoms with Gasteiger partial charge in [0, 0.05) is 16.2 Å². The number of carbonyl (C=O) groups is 1. The second-order valence-corrected chi connectivity index (χ2v) is 7.00. The highest BCUT2D eigenvalue weighted by molar-refractivity contribution is 9.10. The summed E-state index contributed by atoms with van der Waals surface area (Å²) >= 11 is 3.40. The van der Waals surface area contributed by atoms with Gasteiger partial charge in [-0.15, -0.1) is 0 Å². The molecule has 0 spiro atoms. The van der Waals surface area contributed by atoms with E-state index in [2.05, 4.69) is 38.3 Å². The Balaban J connectivity index is 1.60. The van der Waals surface area contributed by atoms with E-state index in [1.807, 2.05) is 60.5 Å². The van der Waals surface area contributed by atoms with Gasteiger partial charge in [0.2, 0.25) is 5.91 Å². The Morgan fingerprint density at radius 3 is 2.69 bits per heavy atom. The van der Waals surface area contributed by atoms with Crippen molar-refractivity contribution in [1.29, 1.82) is 0 Å². The van der Waals surface area contributed by atoms with E-state index in [1.54, 1.807) is 11.0 Å². The number of hydrogen-bond donors (Lipinski definition) is 1. The standard InChI is InChI=1S/C19H20BrN5O/c1-14(15-6-8-18(9-7-15)25-13-21-12-22-25)24(2)11-19(26)23-17-5-3-4-16(20)10-17/h3-10,12-14H,11H2,1-2H3,(H,23,26)/t14-/m0/s1. The number of halogens is 1. The van der Waals surface area contributed by atoms with Crippen molar-refractivity contribution in [2.24, 2.45) is 0 Å². The van der Waals surface area contributed by atoms with Gasteiger partial charge in [-0.05, 0) is 49.9 Å². The number of rotatable bonds is 6. The van der Waals surface area contributed by atoms with Crippen LogP contribution >= 0.6 is 15.9 Å². The van der Waals surface area contributed by atoms with E-state index in [4.69, 9.17) is 0 Å². The number of hydrogen-bond acceptors (Lipinski definition) is 4. The summed E-state index contributed by atoms with van der Waals surface area (Å²) in [7, 11) is 1.94. The molecule has 7 heteroatoms. The van der Waals surface area contributed by atoms with Gasteiger partial charge in [-0.2, -0.15) is 5.10 Å². The van der Waals surface area contributed by atoms with Gasteiger partial charge in [-0.3, -0.25) is 9.69 Å². The predicted octanol–water partition coefficient (Wildman–Crippen LogP) is 3.66. The maximum atomic E-state index is 12.3. The number of anilines is 1. The van der Waals surface area contributed by atoms with Crippen molar-refractivity contribution in [2.45, 2.75) is 13.0 Å². The summed E-state index contributed by atoms with van der Waals surface area (Å²) in [5, 5.41) is 7.04. The van der Waals surface area contributed by atoms with Gasteiger partial charge < -0.3 is 5.32 Å². The minimum Gasteiger partial charge on any atom is -0.325 e. The van der Waals surface area contributed by atoms with Gasteiger partial charge >= 0.3 is 0 Å². The van der Waals surface area contributed by atoms with Gasteiger partial charge in [-0.1, -0.05) is 34.1 Å². The number of aromatic nitrogens is 3. The first-order valence-corrected chi connectivity index (χ1v) is 9.03. The van der Waals surface area contributed by atoms with E-state index >= 15 is 0 Å². The molecule has 1 atom stereocenters. The summed E-state index contributed by atoms with van der Waals surface area (Å²) in [5.41, 5.74) is 2.86. The fourth-order valence-electron chi connectivity index (χ4n) is 2.63. The van der Waals surface area contributed by atoms with Crippen LogP contribution in [0.1, 0.15) is 18.5 Å². The summed E-state index contributed by atoms with van der Waals surface area (Å²) in [6.07, 6.45) is 3.17. The molecule has 0 bridgehead atoms. The lowest BCUT2D eigenvalue weighted by atomic mass is 10.1. The number of benzene rings is 2. The maximum Gasteiger partial charge on any atom is 0.238 e. The van der Waals surface area contributed by atoms with E-state index in [0.29, 0.717) is 6.54 Å². The van der Waals surface area contributed by atoms with Crippen LogP contribution in [0.15, 0.2) is 65.7 Å². The fourth-order valence-corrected chi connectivity index (χ4v) is 3.03. The molecular formula is C19H20BrN5O. The molecule has 6 nitrogen and oxygen atoms in total. The van der Waals surface area contributed by atoms with Crippen molar-refractivity contribution in [1.82, 2.24) is 19.7 Å². The Kier molecular flexibility index (Phi) is 5.80. The molecule has 1 aromatic heterocycles. The van der Waals surface area contributed by atoms with Crippen molar-refractivity contribution < 1.29 is 4.79 Å². The Labute approximate surface area is 161 Å². The molecule has 0 unspecified atom stereocenters. The van der Waals surface area contributed by atoms with Crippen molar-refractivity contribution in [3.63, 3.8) is 0 Å². The van der Waals surface area contributed by atoms with Gasteiger partial charge in [-0.25, -0.2) is 9.67 Å². The zero-order valence-corrected chi connectivity index (χ0v) is 16.2. The molecule has 0 aliphatic heterocycles. The topological polar surface area (TPSA) is 63.1 Å². The minimum absolute atomic E-state index is 0.0447. The molecular weight excluding hydrogens is 394 g/mol. The molecule has 3 aromatic rings. The van der Waals surface area contributed by atoms with Gasteiger partial charge in [0.05, 0.1) is 12.2 Å². The third-order valence-electron chi connectivity index (χ3n) is 4.22. The van der Waals surface area contributed by atoms with Crippen LogP contribution in [0.25, 0.3) is 5.69 Å². The average Bonchev–Trinajstić information content (AvgIpc) is 3.15. The zero-order chi connectivity index (χ0) is 18.5. The van der Waals surface area contributed by atoms with E-state index in [-0.39, 0.29) is 11.9 Å². The van der Waals surface area contributed by atoms with Crippen LogP contribution in [0.5, 0.6) is 0 Å². The summed E-state index contributed by atoms with van der Waals surface area (Å²) in [5.74, 6) is -0.0447. The van der Waals surface area contributed by atoms with E-state index < -0.39 is 0 Å². The van der Waals surface area contributed by atoms with Crippen LogP contribution in [-0.4, -0.2) is 39.2 Å². The summed E-state index contributed by atoms with van der Waals surface area (Å²) in [6, 6.07) is 15.8. The van der Waals surface area contributed by atoms with E-state index in [1.165, 1.54) is 6.33 Å². The molecule has 1 N–H and O–H groups in total. The first-order valence-electron chi connectivity index (χ1n) is 8.23. The molecule has 0 aliphatic carbocycles. The van der Waals surface area contributed by atoms with E-state index in [0.717, 1.165) is 21.4 Å². The molecule has 134 valence electrons. The van der Waals surface area contributed by atoms with Crippen LogP contribution in [-0.2, 0) is 4.79 Å². The summed E-state index contributed by atoms with van der Waals surface area (Å²) in [6.45, 7) is 2.38. The molecule has 0 fully saturated rings. The molecule has 26 heavy (non-hydrogen) atoms. The van der Waals surface area contributed by atoms with Crippen LogP contribution in [0.2, 0.25) is 0 Å². The molecule has 0 radical (unpaired) electrons. The number of nitrogens with zero attached hydrogens (tertiary/aromatic N) is 4. The normalized spacial score (nSPS) is 12.2. The first-order chi connectivity index (χ1) is 12.5. The number of carbonyl (C=O) groups excluding carboxylic acids is 1. The number of likely N-dealkylation sites (N-methyl/N-ethyl adjacent to an activating group) is 1.